The van der Waals surface area contributed by atoms with Crippen molar-refractivity contribution in [2.75, 3.05) is 0 Å². The van der Waals surface area contributed by atoms with E-state index in [0.29, 0.717) is 6.42 Å². The zero-order chi connectivity index (χ0) is 9.68. The molecule has 0 heterocycles. The van der Waals surface area contributed by atoms with E-state index in [1.165, 1.54) is 0 Å². The molecule has 0 fully saturated rings. The van der Waals surface area contributed by atoms with Gasteiger partial charge in [0.05, 0.1) is 6.10 Å². The van der Waals surface area contributed by atoms with Gasteiger partial charge in [-0.2, -0.15) is 0 Å². The van der Waals surface area contributed by atoms with Crippen molar-refractivity contribution in [2.24, 2.45) is 5.73 Å². The third-order valence-electron chi connectivity index (χ3n) is 2.22. The fourth-order valence-electron chi connectivity index (χ4n) is 1.30. The van der Waals surface area contributed by atoms with Crippen LogP contribution < -0.4 is 5.73 Å². The number of nitrogens with two attached hydrogens (primary N) is 1. The molecule has 0 saturated carbocycles. The molecule has 0 aliphatic rings. The second kappa shape index (κ2) is 5.00. The maximum atomic E-state index is 9.41. The van der Waals surface area contributed by atoms with Gasteiger partial charge >= 0.3 is 0 Å². The van der Waals surface area contributed by atoms with E-state index in [2.05, 4.69) is 0 Å². The highest BCUT2D eigenvalue weighted by Gasteiger charge is 2.09. The van der Waals surface area contributed by atoms with Crippen LogP contribution in [0.3, 0.4) is 0 Å². The molecular formula is C11H17NO. The van der Waals surface area contributed by atoms with Crippen LogP contribution in [0, 0.1) is 0 Å². The average molecular weight is 179 g/mol. The summed E-state index contributed by atoms with van der Waals surface area (Å²) in [5.74, 6) is 0. The van der Waals surface area contributed by atoms with E-state index in [9.17, 15) is 5.11 Å². The van der Waals surface area contributed by atoms with E-state index >= 15 is 0 Å². The van der Waals surface area contributed by atoms with E-state index in [0.717, 1.165) is 12.0 Å². The average Bonchev–Trinajstić information content (AvgIpc) is 2.19. The van der Waals surface area contributed by atoms with Crippen LogP contribution in [0.5, 0.6) is 0 Å². The quantitative estimate of drug-likeness (QED) is 0.741. The zero-order valence-corrected chi connectivity index (χ0v) is 7.98. The second-order valence-corrected chi connectivity index (χ2v) is 3.31. The first-order chi connectivity index (χ1) is 6.24. The van der Waals surface area contributed by atoms with Gasteiger partial charge in [0.25, 0.3) is 0 Å². The maximum Gasteiger partial charge on any atom is 0.0555 e. The van der Waals surface area contributed by atoms with Crippen molar-refractivity contribution in [1.82, 2.24) is 0 Å². The molecule has 13 heavy (non-hydrogen) atoms. The topological polar surface area (TPSA) is 46.2 Å². The molecule has 1 aromatic rings. The summed E-state index contributed by atoms with van der Waals surface area (Å²) < 4.78 is 0. The molecule has 0 amide bonds. The van der Waals surface area contributed by atoms with Crippen LogP contribution >= 0.6 is 0 Å². The molecule has 0 bridgehead atoms. The summed E-state index contributed by atoms with van der Waals surface area (Å²) in [6.07, 6.45) is 1.12. The van der Waals surface area contributed by atoms with Crippen molar-refractivity contribution in [3.05, 3.63) is 35.9 Å². The Morgan fingerprint density at radius 1 is 1.31 bits per heavy atom. The SMILES string of the molecule is CCC(O)CC(N)c1ccccc1. The number of hydrogen-bond acceptors (Lipinski definition) is 2. The normalized spacial score (nSPS) is 15.3. The van der Waals surface area contributed by atoms with E-state index in [1.807, 2.05) is 37.3 Å². The minimum absolute atomic E-state index is 0.0452. The summed E-state index contributed by atoms with van der Waals surface area (Å²) in [5, 5.41) is 9.41. The summed E-state index contributed by atoms with van der Waals surface area (Å²) in [7, 11) is 0. The minimum atomic E-state index is -0.282. The van der Waals surface area contributed by atoms with E-state index < -0.39 is 0 Å². The van der Waals surface area contributed by atoms with Gasteiger partial charge < -0.3 is 10.8 Å². The molecule has 2 heteroatoms. The molecular weight excluding hydrogens is 162 g/mol. The number of hydrogen-bond donors (Lipinski definition) is 2. The van der Waals surface area contributed by atoms with Gasteiger partial charge in [0.2, 0.25) is 0 Å². The lowest BCUT2D eigenvalue weighted by Gasteiger charge is -2.15. The third-order valence-corrected chi connectivity index (χ3v) is 2.22. The van der Waals surface area contributed by atoms with Gasteiger partial charge in [-0.05, 0) is 18.4 Å². The Kier molecular flexibility index (Phi) is 3.93. The van der Waals surface area contributed by atoms with E-state index in [4.69, 9.17) is 5.73 Å². The summed E-state index contributed by atoms with van der Waals surface area (Å²) in [6, 6.07) is 9.84. The van der Waals surface area contributed by atoms with Crippen LogP contribution in [-0.4, -0.2) is 11.2 Å². The predicted molar refractivity (Wildman–Crippen MR) is 54.3 cm³/mol. The lowest BCUT2D eigenvalue weighted by atomic mass is 10.0. The monoisotopic (exact) mass is 179 g/mol. The van der Waals surface area contributed by atoms with Crippen LogP contribution in [0.1, 0.15) is 31.4 Å². The summed E-state index contributed by atoms with van der Waals surface area (Å²) in [6.45, 7) is 1.96. The molecule has 2 atom stereocenters. The minimum Gasteiger partial charge on any atom is -0.393 e. The number of aliphatic hydroxyl groups is 1. The molecule has 0 aliphatic heterocycles. The molecule has 0 saturated heterocycles. The third kappa shape index (κ3) is 3.17. The van der Waals surface area contributed by atoms with Crippen molar-refractivity contribution < 1.29 is 5.11 Å². The summed E-state index contributed by atoms with van der Waals surface area (Å²) in [5.41, 5.74) is 7.00. The van der Waals surface area contributed by atoms with Gasteiger partial charge in [0.1, 0.15) is 0 Å². The van der Waals surface area contributed by atoms with Crippen LogP contribution in [0.15, 0.2) is 30.3 Å². The Morgan fingerprint density at radius 3 is 2.46 bits per heavy atom. The van der Waals surface area contributed by atoms with E-state index in [-0.39, 0.29) is 12.1 Å². The molecule has 0 aromatic heterocycles. The van der Waals surface area contributed by atoms with Gasteiger partial charge in [0, 0.05) is 6.04 Å². The van der Waals surface area contributed by atoms with E-state index in [1.54, 1.807) is 0 Å². The lowest BCUT2D eigenvalue weighted by Crippen LogP contribution is -2.17. The van der Waals surface area contributed by atoms with Crippen molar-refractivity contribution in [3.8, 4) is 0 Å². The molecule has 2 nitrogen and oxygen atoms in total. The lowest BCUT2D eigenvalue weighted by molar-refractivity contribution is 0.151. The van der Waals surface area contributed by atoms with Crippen LogP contribution in [0.25, 0.3) is 0 Å². The number of rotatable bonds is 4. The Labute approximate surface area is 79.4 Å². The second-order valence-electron chi connectivity index (χ2n) is 3.31. The Hall–Kier alpha value is -0.860. The summed E-state index contributed by atoms with van der Waals surface area (Å²) >= 11 is 0. The van der Waals surface area contributed by atoms with Gasteiger partial charge in [-0.1, -0.05) is 37.3 Å². The maximum absolute atomic E-state index is 9.41. The molecule has 1 aromatic carbocycles. The highest BCUT2D eigenvalue weighted by atomic mass is 16.3. The number of benzene rings is 1. The molecule has 0 aliphatic carbocycles. The Morgan fingerprint density at radius 2 is 1.92 bits per heavy atom. The first-order valence-electron chi connectivity index (χ1n) is 4.72. The molecule has 1 rings (SSSR count). The number of aliphatic hydroxyl groups excluding tert-OH is 1. The first-order valence-corrected chi connectivity index (χ1v) is 4.72. The predicted octanol–water partition coefficient (Wildman–Crippen LogP) is 1.85. The highest BCUT2D eigenvalue weighted by Crippen LogP contribution is 2.16. The smallest absolute Gasteiger partial charge is 0.0555 e. The Balaban J connectivity index is 2.53. The molecule has 72 valence electrons. The van der Waals surface area contributed by atoms with Gasteiger partial charge in [-0.15, -0.1) is 0 Å². The zero-order valence-electron chi connectivity index (χ0n) is 7.98. The first kappa shape index (κ1) is 10.2. The van der Waals surface area contributed by atoms with Crippen molar-refractivity contribution in [1.29, 1.82) is 0 Å². The van der Waals surface area contributed by atoms with Crippen LogP contribution in [0.2, 0.25) is 0 Å². The fraction of sp³-hybridized carbons (Fsp3) is 0.455. The van der Waals surface area contributed by atoms with Crippen LogP contribution in [0.4, 0.5) is 0 Å². The van der Waals surface area contributed by atoms with Crippen molar-refractivity contribution >= 4 is 0 Å². The summed E-state index contributed by atoms with van der Waals surface area (Å²) in [4.78, 5) is 0. The van der Waals surface area contributed by atoms with Crippen LogP contribution in [-0.2, 0) is 0 Å². The van der Waals surface area contributed by atoms with Crippen molar-refractivity contribution in [2.45, 2.75) is 31.9 Å². The fourth-order valence-corrected chi connectivity index (χ4v) is 1.30. The van der Waals surface area contributed by atoms with Gasteiger partial charge in [-0.25, -0.2) is 0 Å². The largest absolute Gasteiger partial charge is 0.393 e. The van der Waals surface area contributed by atoms with Gasteiger partial charge in [-0.3, -0.25) is 0 Å². The molecule has 3 N–H and O–H groups in total. The van der Waals surface area contributed by atoms with Gasteiger partial charge in [0.15, 0.2) is 0 Å². The molecule has 0 spiro atoms. The van der Waals surface area contributed by atoms with Crippen molar-refractivity contribution in [3.63, 3.8) is 0 Å². The highest BCUT2D eigenvalue weighted by molar-refractivity contribution is 5.18. The standard InChI is InChI=1S/C11H17NO/c1-2-10(13)8-11(12)9-6-4-3-5-7-9/h3-7,10-11,13H,2,8,12H2,1H3. The molecule has 2 unspecified atom stereocenters. The Bertz CT molecular complexity index is 235. The molecule has 0 radical (unpaired) electrons.